The number of nitrogens with one attached hydrogen (secondary N) is 1. The van der Waals surface area contributed by atoms with Gasteiger partial charge in [-0.2, -0.15) is 0 Å². The zero-order valence-corrected chi connectivity index (χ0v) is 12.6. The van der Waals surface area contributed by atoms with Gasteiger partial charge in [-0.1, -0.05) is 31.2 Å². The molecule has 1 atom stereocenters. The van der Waals surface area contributed by atoms with Crippen LogP contribution in [0.15, 0.2) is 30.5 Å². The predicted molar refractivity (Wildman–Crippen MR) is 79.8 cm³/mol. The van der Waals surface area contributed by atoms with Gasteiger partial charge in [-0.15, -0.1) is 5.10 Å². The van der Waals surface area contributed by atoms with E-state index in [0.717, 1.165) is 11.3 Å². The molecule has 22 heavy (non-hydrogen) atoms. The van der Waals surface area contributed by atoms with Gasteiger partial charge in [0.15, 0.2) is 5.69 Å². The highest BCUT2D eigenvalue weighted by Crippen LogP contribution is 2.10. The van der Waals surface area contributed by atoms with E-state index >= 15 is 0 Å². The lowest BCUT2D eigenvalue weighted by Crippen LogP contribution is -2.44. The van der Waals surface area contributed by atoms with E-state index in [4.69, 9.17) is 5.11 Å². The minimum absolute atomic E-state index is 0.0772. The number of aromatic nitrogens is 3. The minimum Gasteiger partial charge on any atom is -0.480 e. The van der Waals surface area contributed by atoms with Gasteiger partial charge in [0.05, 0.1) is 11.9 Å². The Morgan fingerprint density at radius 3 is 2.64 bits per heavy atom. The Bertz CT molecular complexity index is 694. The monoisotopic (exact) mass is 302 g/mol. The summed E-state index contributed by atoms with van der Waals surface area (Å²) < 4.78 is 1.48. The number of hydrogen-bond acceptors (Lipinski definition) is 4. The number of aliphatic carboxylic acids is 1. The van der Waals surface area contributed by atoms with Crippen LogP contribution in [0.2, 0.25) is 0 Å². The number of amides is 1. The fraction of sp³-hybridized carbons (Fsp3) is 0.333. The van der Waals surface area contributed by atoms with Crippen molar-refractivity contribution in [2.75, 3.05) is 0 Å². The molecule has 0 bridgehead atoms. The van der Waals surface area contributed by atoms with Crippen LogP contribution >= 0.6 is 0 Å². The SMILES string of the molecule is Cc1cccc(-n2cc(C(=O)NC(C(=O)O)C(C)C)nn2)c1. The first-order valence-corrected chi connectivity index (χ1v) is 6.91. The molecule has 7 nitrogen and oxygen atoms in total. The van der Waals surface area contributed by atoms with Gasteiger partial charge in [0.1, 0.15) is 6.04 Å². The van der Waals surface area contributed by atoms with Crippen molar-refractivity contribution in [3.8, 4) is 5.69 Å². The van der Waals surface area contributed by atoms with Crippen LogP contribution in [0.25, 0.3) is 5.69 Å². The maximum Gasteiger partial charge on any atom is 0.326 e. The lowest BCUT2D eigenvalue weighted by Gasteiger charge is -2.16. The number of aryl methyl sites for hydroxylation is 1. The lowest BCUT2D eigenvalue weighted by molar-refractivity contribution is -0.140. The second kappa shape index (κ2) is 6.38. The Morgan fingerprint density at radius 2 is 2.05 bits per heavy atom. The molecule has 2 rings (SSSR count). The third-order valence-corrected chi connectivity index (χ3v) is 3.21. The molecule has 0 fully saturated rings. The zero-order chi connectivity index (χ0) is 16.3. The van der Waals surface area contributed by atoms with E-state index in [1.54, 1.807) is 13.8 Å². The summed E-state index contributed by atoms with van der Waals surface area (Å²) in [5.41, 5.74) is 1.92. The van der Waals surface area contributed by atoms with Crippen LogP contribution < -0.4 is 5.32 Å². The molecule has 7 heteroatoms. The number of carbonyl (C=O) groups excluding carboxylic acids is 1. The molecule has 0 aliphatic heterocycles. The van der Waals surface area contributed by atoms with Crippen LogP contribution in [-0.4, -0.2) is 38.0 Å². The quantitative estimate of drug-likeness (QED) is 0.870. The number of carboxylic acids is 1. The molecule has 2 N–H and O–H groups in total. The molecule has 1 aromatic heterocycles. The van der Waals surface area contributed by atoms with E-state index in [0.29, 0.717) is 0 Å². The molecule has 116 valence electrons. The number of carboxylic acid groups (broad SMARTS) is 1. The minimum atomic E-state index is -1.07. The van der Waals surface area contributed by atoms with Crippen LogP contribution in [0, 0.1) is 12.8 Å². The third kappa shape index (κ3) is 3.49. The van der Waals surface area contributed by atoms with Crippen molar-refractivity contribution < 1.29 is 14.7 Å². The van der Waals surface area contributed by atoms with Crippen LogP contribution in [0.4, 0.5) is 0 Å². The Kier molecular flexibility index (Phi) is 4.55. The van der Waals surface area contributed by atoms with Gasteiger partial charge in [-0.3, -0.25) is 4.79 Å². The molecule has 0 saturated carbocycles. The molecule has 2 aromatic rings. The zero-order valence-electron chi connectivity index (χ0n) is 12.6. The average molecular weight is 302 g/mol. The molecule has 1 unspecified atom stereocenters. The summed E-state index contributed by atoms with van der Waals surface area (Å²) in [4.78, 5) is 23.2. The molecule has 0 spiro atoms. The highest BCUT2D eigenvalue weighted by molar-refractivity contribution is 5.94. The van der Waals surface area contributed by atoms with E-state index in [1.165, 1.54) is 10.9 Å². The van der Waals surface area contributed by atoms with E-state index in [1.807, 2.05) is 31.2 Å². The molecular formula is C15H18N4O3. The number of hydrogen-bond donors (Lipinski definition) is 2. The molecule has 0 aliphatic rings. The van der Waals surface area contributed by atoms with Gasteiger partial charge >= 0.3 is 5.97 Å². The summed E-state index contributed by atoms with van der Waals surface area (Å²) >= 11 is 0. The van der Waals surface area contributed by atoms with Crippen molar-refractivity contribution in [3.63, 3.8) is 0 Å². The standard InChI is InChI=1S/C15H18N4O3/c1-9(2)13(15(21)22)16-14(20)12-8-19(18-17-12)11-6-4-5-10(3)7-11/h4-9,13H,1-3H3,(H,16,20)(H,21,22). The highest BCUT2D eigenvalue weighted by Gasteiger charge is 2.25. The van der Waals surface area contributed by atoms with Crippen molar-refractivity contribution in [1.29, 1.82) is 0 Å². The van der Waals surface area contributed by atoms with Gasteiger partial charge in [0.2, 0.25) is 0 Å². The van der Waals surface area contributed by atoms with Crippen LogP contribution in [-0.2, 0) is 4.79 Å². The molecule has 1 aromatic carbocycles. The van der Waals surface area contributed by atoms with Crippen molar-refractivity contribution in [3.05, 3.63) is 41.7 Å². The maximum atomic E-state index is 12.1. The van der Waals surface area contributed by atoms with E-state index in [2.05, 4.69) is 15.6 Å². The second-order valence-electron chi connectivity index (χ2n) is 5.42. The largest absolute Gasteiger partial charge is 0.480 e. The Balaban J connectivity index is 2.17. The topological polar surface area (TPSA) is 97.1 Å². The van der Waals surface area contributed by atoms with E-state index in [-0.39, 0.29) is 11.6 Å². The predicted octanol–water partition coefficient (Wildman–Crippen LogP) is 1.41. The Labute approximate surface area is 128 Å². The first-order chi connectivity index (χ1) is 10.4. The van der Waals surface area contributed by atoms with Crippen LogP contribution in [0.1, 0.15) is 29.9 Å². The molecule has 1 amide bonds. The first kappa shape index (κ1) is 15.7. The summed E-state index contributed by atoms with van der Waals surface area (Å²) in [6.45, 7) is 5.40. The fourth-order valence-electron chi connectivity index (χ4n) is 1.99. The Morgan fingerprint density at radius 1 is 1.32 bits per heavy atom. The van der Waals surface area contributed by atoms with E-state index in [9.17, 15) is 9.59 Å². The summed E-state index contributed by atoms with van der Waals surface area (Å²) in [7, 11) is 0. The lowest BCUT2D eigenvalue weighted by atomic mass is 10.0. The molecule has 0 radical (unpaired) electrons. The first-order valence-electron chi connectivity index (χ1n) is 6.91. The van der Waals surface area contributed by atoms with Crippen molar-refractivity contribution in [1.82, 2.24) is 20.3 Å². The summed E-state index contributed by atoms with van der Waals surface area (Å²) in [6, 6.07) is 6.62. The maximum absolute atomic E-state index is 12.1. The molecule has 1 heterocycles. The van der Waals surface area contributed by atoms with Gasteiger partial charge in [-0.05, 0) is 30.5 Å². The van der Waals surface area contributed by atoms with Gasteiger partial charge < -0.3 is 10.4 Å². The average Bonchev–Trinajstić information content (AvgIpc) is 2.93. The number of benzene rings is 1. The summed E-state index contributed by atoms with van der Waals surface area (Å²) in [5.74, 6) is -1.86. The van der Waals surface area contributed by atoms with Crippen molar-refractivity contribution >= 4 is 11.9 Å². The second-order valence-corrected chi connectivity index (χ2v) is 5.42. The third-order valence-electron chi connectivity index (χ3n) is 3.21. The normalized spacial score (nSPS) is 12.2. The molecule has 0 saturated heterocycles. The van der Waals surface area contributed by atoms with Gasteiger partial charge in [0.25, 0.3) is 5.91 Å². The Hall–Kier alpha value is -2.70. The van der Waals surface area contributed by atoms with Crippen molar-refractivity contribution in [2.24, 2.45) is 5.92 Å². The molecular weight excluding hydrogens is 284 g/mol. The van der Waals surface area contributed by atoms with E-state index < -0.39 is 17.9 Å². The number of nitrogens with zero attached hydrogens (tertiary/aromatic N) is 3. The van der Waals surface area contributed by atoms with Crippen molar-refractivity contribution in [2.45, 2.75) is 26.8 Å². The smallest absolute Gasteiger partial charge is 0.326 e. The summed E-state index contributed by atoms with van der Waals surface area (Å²) in [6.07, 6.45) is 1.48. The number of rotatable bonds is 5. The van der Waals surface area contributed by atoms with Gasteiger partial charge in [-0.25, -0.2) is 9.48 Å². The molecule has 0 aliphatic carbocycles. The van der Waals surface area contributed by atoms with Gasteiger partial charge in [0, 0.05) is 0 Å². The summed E-state index contributed by atoms with van der Waals surface area (Å²) in [5, 5.41) is 19.3. The highest BCUT2D eigenvalue weighted by atomic mass is 16.4. The fourth-order valence-corrected chi connectivity index (χ4v) is 1.99. The number of carbonyl (C=O) groups is 2. The van der Waals surface area contributed by atoms with Crippen LogP contribution in [0.3, 0.4) is 0 Å². The van der Waals surface area contributed by atoms with Crippen LogP contribution in [0.5, 0.6) is 0 Å².